The van der Waals surface area contributed by atoms with E-state index in [1.807, 2.05) is 20.8 Å². The average Bonchev–Trinajstić information content (AvgIpc) is 2.22. The number of ether oxygens (including phenoxy) is 2. The second kappa shape index (κ2) is 6.20. The highest BCUT2D eigenvalue weighted by Crippen LogP contribution is 2.23. The van der Waals surface area contributed by atoms with Crippen molar-refractivity contribution in [2.24, 2.45) is 0 Å². The summed E-state index contributed by atoms with van der Waals surface area (Å²) in [6, 6.07) is 4.81. The summed E-state index contributed by atoms with van der Waals surface area (Å²) in [5, 5.41) is 9.02. The summed E-state index contributed by atoms with van der Waals surface area (Å²) >= 11 is 3.28. The molecule has 0 aliphatic heterocycles. The zero-order valence-electron chi connectivity index (χ0n) is 10.7. The molecule has 0 unspecified atom stereocenters. The first-order chi connectivity index (χ1) is 8.29. The molecule has 18 heavy (non-hydrogen) atoms. The summed E-state index contributed by atoms with van der Waals surface area (Å²) in [7, 11) is 0. The number of aromatic carboxylic acids is 1. The third-order valence-electron chi connectivity index (χ3n) is 2.05. The maximum atomic E-state index is 11.0. The van der Waals surface area contributed by atoms with Crippen LogP contribution in [0.1, 0.15) is 31.1 Å². The van der Waals surface area contributed by atoms with Crippen molar-refractivity contribution in [1.29, 1.82) is 0 Å². The van der Waals surface area contributed by atoms with E-state index in [-0.39, 0.29) is 11.2 Å². The van der Waals surface area contributed by atoms with Crippen LogP contribution in [-0.4, -0.2) is 29.9 Å². The van der Waals surface area contributed by atoms with Gasteiger partial charge in [-0.15, -0.1) is 0 Å². The number of hydrogen-bond donors (Lipinski definition) is 1. The van der Waals surface area contributed by atoms with Gasteiger partial charge in [-0.05, 0) is 39.0 Å². The van der Waals surface area contributed by atoms with Crippen LogP contribution in [0.2, 0.25) is 0 Å². The number of benzene rings is 1. The van der Waals surface area contributed by atoms with Crippen LogP contribution in [0.3, 0.4) is 0 Å². The van der Waals surface area contributed by atoms with Crippen LogP contribution in [0.15, 0.2) is 22.7 Å². The lowest BCUT2D eigenvalue weighted by Gasteiger charge is -2.19. The Morgan fingerprint density at radius 2 is 2.00 bits per heavy atom. The lowest BCUT2D eigenvalue weighted by Crippen LogP contribution is -2.22. The van der Waals surface area contributed by atoms with Crippen LogP contribution >= 0.6 is 15.9 Å². The number of carboxylic acid groups (broad SMARTS) is 1. The molecule has 0 aliphatic rings. The zero-order valence-corrected chi connectivity index (χ0v) is 12.3. The molecule has 0 bridgehead atoms. The summed E-state index contributed by atoms with van der Waals surface area (Å²) < 4.78 is 11.7. The van der Waals surface area contributed by atoms with Gasteiger partial charge in [0.25, 0.3) is 0 Å². The lowest BCUT2D eigenvalue weighted by atomic mass is 10.2. The van der Waals surface area contributed by atoms with E-state index < -0.39 is 5.97 Å². The monoisotopic (exact) mass is 316 g/mol. The van der Waals surface area contributed by atoms with Gasteiger partial charge in [0.1, 0.15) is 17.9 Å². The van der Waals surface area contributed by atoms with Gasteiger partial charge in [0, 0.05) is 4.47 Å². The number of carbonyl (C=O) groups is 1. The molecular weight excluding hydrogens is 300 g/mol. The number of carboxylic acids is 1. The van der Waals surface area contributed by atoms with Crippen molar-refractivity contribution >= 4 is 21.9 Å². The van der Waals surface area contributed by atoms with E-state index in [1.54, 1.807) is 12.1 Å². The highest BCUT2D eigenvalue weighted by Gasteiger charge is 2.13. The molecule has 5 heteroatoms. The van der Waals surface area contributed by atoms with Crippen molar-refractivity contribution in [3.8, 4) is 5.75 Å². The van der Waals surface area contributed by atoms with Gasteiger partial charge in [0.15, 0.2) is 0 Å². The van der Waals surface area contributed by atoms with Crippen LogP contribution in [0.4, 0.5) is 0 Å². The fourth-order valence-electron chi connectivity index (χ4n) is 1.29. The van der Waals surface area contributed by atoms with Crippen molar-refractivity contribution < 1.29 is 19.4 Å². The Hall–Kier alpha value is -1.07. The molecule has 0 radical (unpaired) electrons. The van der Waals surface area contributed by atoms with E-state index in [2.05, 4.69) is 15.9 Å². The molecule has 100 valence electrons. The quantitative estimate of drug-likeness (QED) is 0.846. The maximum absolute atomic E-state index is 11.0. The summed E-state index contributed by atoms with van der Waals surface area (Å²) in [5.41, 5.74) is -0.0787. The third-order valence-corrected chi connectivity index (χ3v) is 2.54. The van der Waals surface area contributed by atoms with Gasteiger partial charge in [0.2, 0.25) is 0 Å². The topological polar surface area (TPSA) is 55.8 Å². The van der Waals surface area contributed by atoms with Crippen molar-refractivity contribution in [2.45, 2.75) is 26.4 Å². The van der Waals surface area contributed by atoms with Gasteiger partial charge >= 0.3 is 5.97 Å². The van der Waals surface area contributed by atoms with Crippen LogP contribution in [0, 0.1) is 0 Å². The Morgan fingerprint density at radius 1 is 1.33 bits per heavy atom. The van der Waals surface area contributed by atoms with E-state index in [4.69, 9.17) is 14.6 Å². The first kappa shape index (κ1) is 15.0. The molecule has 1 aromatic rings. The molecule has 1 aromatic carbocycles. The van der Waals surface area contributed by atoms with Gasteiger partial charge in [0.05, 0.1) is 12.2 Å². The van der Waals surface area contributed by atoms with Crippen molar-refractivity contribution in [3.63, 3.8) is 0 Å². The Morgan fingerprint density at radius 3 is 2.56 bits per heavy atom. The smallest absolute Gasteiger partial charge is 0.339 e. The molecule has 0 saturated carbocycles. The fraction of sp³-hybridized carbons (Fsp3) is 0.462. The van der Waals surface area contributed by atoms with Crippen molar-refractivity contribution in [2.75, 3.05) is 13.2 Å². The van der Waals surface area contributed by atoms with Crippen molar-refractivity contribution in [3.05, 3.63) is 28.2 Å². The molecule has 0 saturated heterocycles. The minimum Gasteiger partial charge on any atom is -0.490 e. The molecular formula is C13H17BrO4. The first-order valence-corrected chi connectivity index (χ1v) is 6.38. The molecule has 0 heterocycles. The van der Waals surface area contributed by atoms with Gasteiger partial charge in [-0.1, -0.05) is 15.9 Å². The molecule has 0 atom stereocenters. The van der Waals surface area contributed by atoms with Crippen LogP contribution in [0.25, 0.3) is 0 Å². The Kier molecular flexibility index (Phi) is 5.16. The predicted molar refractivity (Wildman–Crippen MR) is 72.3 cm³/mol. The molecule has 1 N–H and O–H groups in total. The van der Waals surface area contributed by atoms with Gasteiger partial charge < -0.3 is 14.6 Å². The SMILES string of the molecule is CC(C)(C)OCCOc1cc(Br)ccc1C(=O)O. The zero-order chi connectivity index (χ0) is 13.8. The van der Waals surface area contributed by atoms with Gasteiger partial charge in [-0.25, -0.2) is 4.79 Å². The largest absolute Gasteiger partial charge is 0.490 e. The summed E-state index contributed by atoms with van der Waals surface area (Å²) in [4.78, 5) is 11.0. The maximum Gasteiger partial charge on any atom is 0.339 e. The van der Waals surface area contributed by atoms with E-state index in [9.17, 15) is 4.79 Å². The Labute approximate surface area is 115 Å². The molecule has 0 spiro atoms. The summed E-state index contributed by atoms with van der Waals surface area (Å²) in [6.07, 6.45) is 0. The summed E-state index contributed by atoms with van der Waals surface area (Å²) in [5.74, 6) is -0.663. The van der Waals surface area contributed by atoms with Crippen LogP contribution in [-0.2, 0) is 4.74 Å². The average molecular weight is 317 g/mol. The summed E-state index contributed by atoms with van der Waals surface area (Å²) in [6.45, 7) is 6.58. The molecule has 0 fully saturated rings. The Bertz CT molecular complexity index is 423. The normalized spacial score (nSPS) is 11.3. The standard InChI is InChI=1S/C13H17BrO4/c1-13(2,3)18-7-6-17-11-8-9(14)4-5-10(11)12(15)16/h4-5,8H,6-7H2,1-3H3,(H,15,16). The fourth-order valence-corrected chi connectivity index (χ4v) is 1.63. The molecule has 0 aromatic heterocycles. The van der Waals surface area contributed by atoms with E-state index >= 15 is 0 Å². The minimum atomic E-state index is -1.01. The first-order valence-electron chi connectivity index (χ1n) is 5.59. The van der Waals surface area contributed by atoms with Crippen molar-refractivity contribution in [1.82, 2.24) is 0 Å². The molecule has 0 aliphatic carbocycles. The van der Waals surface area contributed by atoms with Gasteiger partial charge in [-0.3, -0.25) is 0 Å². The Balaban J connectivity index is 2.61. The van der Waals surface area contributed by atoms with E-state index in [0.717, 1.165) is 4.47 Å². The van der Waals surface area contributed by atoms with Crippen LogP contribution in [0.5, 0.6) is 5.75 Å². The second-order valence-corrected chi connectivity index (χ2v) is 5.67. The molecule has 4 nitrogen and oxygen atoms in total. The number of halogens is 1. The predicted octanol–water partition coefficient (Wildman–Crippen LogP) is 3.34. The molecule has 1 rings (SSSR count). The van der Waals surface area contributed by atoms with Gasteiger partial charge in [-0.2, -0.15) is 0 Å². The highest BCUT2D eigenvalue weighted by molar-refractivity contribution is 9.10. The number of rotatable bonds is 5. The molecule has 0 amide bonds. The highest BCUT2D eigenvalue weighted by atomic mass is 79.9. The second-order valence-electron chi connectivity index (χ2n) is 4.75. The van der Waals surface area contributed by atoms with E-state index in [0.29, 0.717) is 19.0 Å². The lowest BCUT2D eigenvalue weighted by molar-refractivity contribution is -0.0164. The minimum absolute atomic E-state index is 0.147. The van der Waals surface area contributed by atoms with E-state index in [1.165, 1.54) is 6.07 Å². The number of hydrogen-bond acceptors (Lipinski definition) is 3. The van der Waals surface area contributed by atoms with Crippen LogP contribution < -0.4 is 4.74 Å². The third kappa shape index (κ3) is 5.06.